The van der Waals surface area contributed by atoms with Crippen LogP contribution in [-0.2, 0) is 23.8 Å². The lowest BCUT2D eigenvalue weighted by molar-refractivity contribution is -0.138. The molecule has 1 unspecified atom stereocenters. The van der Waals surface area contributed by atoms with Gasteiger partial charge in [0.1, 0.15) is 11.8 Å². The number of amides is 5. The second-order valence-corrected chi connectivity index (χ2v) is 14.1. The van der Waals surface area contributed by atoms with E-state index in [1.807, 2.05) is 29.2 Å². The summed E-state index contributed by atoms with van der Waals surface area (Å²) < 4.78 is 41.2. The van der Waals surface area contributed by atoms with Crippen LogP contribution in [0.25, 0.3) is 0 Å². The lowest BCUT2D eigenvalue weighted by Crippen LogP contribution is -2.57. The molecule has 4 aliphatic rings. The van der Waals surface area contributed by atoms with E-state index in [0.717, 1.165) is 56.1 Å². The summed E-state index contributed by atoms with van der Waals surface area (Å²) in [6.45, 7) is 4.25. The van der Waals surface area contributed by atoms with Gasteiger partial charge in [-0.1, -0.05) is 29.8 Å². The zero-order valence-electron chi connectivity index (χ0n) is 27.4. The Hall–Kier alpha value is -3.71. The van der Waals surface area contributed by atoms with Crippen molar-refractivity contribution in [1.82, 2.24) is 25.3 Å². The summed E-state index contributed by atoms with van der Waals surface area (Å²) in [4.78, 5) is 45.8. The van der Waals surface area contributed by atoms with Crippen molar-refractivity contribution in [3.05, 3.63) is 58.1 Å². The maximum atomic E-state index is 14.0. The molecule has 3 fully saturated rings. The first-order valence-electron chi connectivity index (χ1n) is 17.3. The second kappa shape index (κ2) is 15.0. The fourth-order valence-electron chi connectivity index (χ4n) is 7.91. The van der Waals surface area contributed by atoms with Crippen molar-refractivity contribution in [2.75, 3.05) is 51.1 Å². The lowest BCUT2D eigenvalue weighted by atomic mass is 9.79. The van der Waals surface area contributed by atoms with Crippen molar-refractivity contribution >= 4 is 35.3 Å². The number of hydrogen-bond acceptors (Lipinski definition) is 5. The first-order chi connectivity index (χ1) is 23.5. The first-order valence-corrected chi connectivity index (χ1v) is 17.6. The fourth-order valence-corrected chi connectivity index (χ4v) is 8.15. The number of phenols is 1. The molecule has 0 saturated carbocycles. The van der Waals surface area contributed by atoms with Gasteiger partial charge in [-0.3, -0.25) is 4.79 Å². The van der Waals surface area contributed by atoms with Crippen LogP contribution >= 0.6 is 11.6 Å². The first kappa shape index (κ1) is 35.1. The van der Waals surface area contributed by atoms with Gasteiger partial charge in [0.25, 0.3) is 0 Å². The molecule has 0 radical (unpaired) electrons. The van der Waals surface area contributed by atoms with Gasteiger partial charge in [0.05, 0.1) is 10.6 Å². The van der Waals surface area contributed by atoms with E-state index in [4.69, 9.17) is 11.6 Å². The van der Waals surface area contributed by atoms with Crippen LogP contribution in [0.1, 0.15) is 55.2 Å². The number of rotatable bonds is 6. The molecule has 14 heteroatoms. The highest BCUT2D eigenvalue weighted by Gasteiger charge is 2.38. The summed E-state index contributed by atoms with van der Waals surface area (Å²) in [5.41, 5.74) is 0.650. The van der Waals surface area contributed by atoms with Crippen molar-refractivity contribution in [3.63, 3.8) is 0 Å². The standard InChI is InChI=1S/C35H44ClF3N6O4/c36-28-20-22(19-27(31(28)46)35(37,38)39)21-30(32(47)43-14-7-24(8-15-43)23-5-12-40-13-6-23)42-33(48)44-16-10-26(11-17-44)45-18-9-25-3-1-2-4-29(25)41-34(45)49/h1-4,19-20,23-24,26,30,40,46H,5-18,21H2,(H,41,49)(H,42,48). The molecule has 266 valence electrons. The highest BCUT2D eigenvalue weighted by molar-refractivity contribution is 6.32. The molecule has 0 spiro atoms. The lowest BCUT2D eigenvalue weighted by Gasteiger charge is -2.40. The Kier molecular flexibility index (Phi) is 10.8. The molecule has 0 aromatic heterocycles. The van der Waals surface area contributed by atoms with Crippen LogP contribution in [-0.4, -0.2) is 95.7 Å². The number of carbonyl (C=O) groups is 3. The Morgan fingerprint density at radius 1 is 0.939 bits per heavy atom. The van der Waals surface area contributed by atoms with Crippen LogP contribution in [0.3, 0.4) is 0 Å². The molecule has 4 N–H and O–H groups in total. The molecular formula is C35H44ClF3N6O4. The van der Waals surface area contributed by atoms with Crippen molar-refractivity contribution < 1.29 is 32.7 Å². The maximum Gasteiger partial charge on any atom is 0.420 e. The van der Waals surface area contributed by atoms with E-state index >= 15 is 0 Å². The molecule has 0 bridgehead atoms. The zero-order chi connectivity index (χ0) is 34.7. The molecule has 5 amide bonds. The second-order valence-electron chi connectivity index (χ2n) is 13.7. The molecule has 10 nitrogen and oxygen atoms in total. The summed E-state index contributed by atoms with van der Waals surface area (Å²) >= 11 is 6.00. The summed E-state index contributed by atoms with van der Waals surface area (Å²) in [6.07, 6.45) is 0.594. The van der Waals surface area contributed by atoms with Gasteiger partial charge in [-0.05, 0) is 99.2 Å². The van der Waals surface area contributed by atoms with Gasteiger partial charge < -0.3 is 35.8 Å². The molecule has 49 heavy (non-hydrogen) atoms. The largest absolute Gasteiger partial charge is 0.506 e. The number of phenolic OH excluding ortho intramolecular Hbond substituents is 1. The molecule has 2 aromatic carbocycles. The number of anilines is 1. The van der Waals surface area contributed by atoms with E-state index in [9.17, 15) is 32.7 Å². The number of para-hydroxylation sites is 1. The van der Waals surface area contributed by atoms with Gasteiger partial charge in [0.15, 0.2) is 0 Å². The third kappa shape index (κ3) is 8.20. The Labute approximate surface area is 289 Å². The normalized spacial score (nSPS) is 20.7. The fraction of sp³-hybridized carbons (Fsp3) is 0.571. The zero-order valence-corrected chi connectivity index (χ0v) is 28.2. The molecule has 0 aliphatic carbocycles. The molecule has 3 saturated heterocycles. The minimum Gasteiger partial charge on any atom is -0.506 e. The third-order valence-electron chi connectivity index (χ3n) is 10.7. The number of carbonyl (C=O) groups excluding carboxylic acids is 3. The number of hydrogen-bond donors (Lipinski definition) is 4. The van der Waals surface area contributed by atoms with Gasteiger partial charge in [0, 0.05) is 50.9 Å². The monoisotopic (exact) mass is 704 g/mol. The van der Waals surface area contributed by atoms with Crippen LogP contribution < -0.4 is 16.0 Å². The summed E-state index contributed by atoms with van der Waals surface area (Å²) in [5, 5.41) is 18.7. The summed E-state index contributed by atoms with van der Waals surface area (Å²) in [7, 11) is 0. The Morgan fingerprint density at radius 3 is 2.29 bits per heavy atom. The quantitative estimate of drug-likeness (QED) is 0.318. The topological polar surface area (TPSA) is 117 Å². The number of urea groups is 2. The number of alkyl halides is 3. The Balaban J connectivity index is 1.12. The van der Waals surface area contributed by atoms with Gasteiger partial charge >= 0.3 is 18.2 Å². The van der Waals surface area contributed by atoms with E-state index in [1.54, 1.807) is 9.80 Å². The van der Waals surface area contributed by atoms with Crippen LogP contribution in [0.5, 0.6) is 5.75 Å². The number of likely N-dealkylation sites (tertiary alicyclic amines) is 2. The van der Waals surface area contributed by atoms with Crippen molar-refractivity contribution in [1.29, 1.82) is 0 Å². The number of benzene rings is 2. The third-order valence-corrected chi connectivity index (χ3v) is 11.0. The van der Waals surface area contributed by atoms with Crippen LogP contribution in [0.4, 0.5) is 28.4 Å². The predicted octanol–water partition coefficient (Wildman–Crippen LogP) is 5.48. The van der Waals surface area contributed by atoms with Crippen molar-refractivity contribution in [2.45, 2.75) is 69.6 Å². The number of nitrogens with zero attached hydrogens (tertiary/aromatic N) is 3. The number of aromatic hydroxyl groups is 1. The van der Waals surface area contributed by atoms with Gasteiger partial charge in [-0.2, -0.15) is 13.2 Å². The smallest absolute Gasteiger partial charge is 0.420 e. The van der Waals surface area contributed by atoms with E-state index < -0.39 is 34.6 Å². The highest BCUT2D eigenvalue weighted by Crippen LogP contribution is 2.40. The van der Waals surface area contributed by atoms with Crippen LogP contribution in [0, 0.1) is 11.8 Å². The molecule has 1 atom stereocenters. The SMILES string of the molecule is O=C(NC(Cc1cc(Cl)c(O)c(C(F)(F)F)c1)C(=O)N1CCC(C2CCNCC2)CC1)N1CCC(N2CCc3ccccc3NC2=O)CC1. The average Bonchev–Trinajstić information content (AvgIpc) is 3.27. The number of nitrogens with one attached hydrogen (secondary N) is 3. The summed E-state index contributed by atoms with van der Waals surface area (Å²) in [5.74, 6) is -0.320. The maximum absolute atomic E-state index is 14.0. The molecule has 4 heterocycles. The Morgan fingerprint density at radius 2 is 1.59 bits per heavy atom. The minimum atomic E-state index is -4.86. The van der Waals surface area contributed by atoms with Crippen molar-refractivity contribution in [2.24, 2.45) is 11.8 Å². The number of piperidine rings is 3. The number of fused-ring (bicyclic) bond motifs is 1. The number of halogens is 4. The van der Waals surface area contributed by atoms with E-state index in [0.29, 0.717) is 63.8 Å². The summed E-state index contributed by atoms with van der Waals surface area (Å²) in [6, 6.07) is 7.82. The van der Waals surface area contributed by atoms with Gasteiger partial charge in [-0.25, -0.2) is 9.59 Å². The van der Waals surface area contributed by atoms with Crippen molar-refractivity contribution in [3.8, 4) is 5.75 Å². The van der Waals surface area contributed by atoms with Gasteiger partial charge in [0.2, 0.25) is 5.91 Å². The average molecular weight is 705 g/mol. The Bertz CT molecular complexity index is 1520. The molecule has 6 rings (SSSR count). The van der Waals surface area contributed by atoms with Gasteiger partial charge in [-0.15, -0.1) is 0 Å². The predicted molar refractivity (Wildman–Crippen MR) is 180 cm³/mol. The van der Waals surface area contributed by atoms with Crippen LogP contribution in [0.2, 0.25) is 5.02 Å². The van der Waals surface area contributed by atoms with E-state index in [2.05, 4.69) is 16.0 Å². The highest BCUT2D eigenvalue weighted by atomic mass is 35.5. The minimum absolute atomic E-state index is 0.0723. The molecule has 4 aliphatic heterocycles. The molecular weight excluding hydrogens is 661 g/mol. The molecule has 2 aromatic rings. The van der Waals surface area contributed by atoms with E-state index in [-0.39, 0.29) is 30.0 Å². The van der Waals surface area contributed by atoms with E-state index in [1.165, 1.54) is 6.07 Å². The van der Waals surface area contributed by atoms with Crippen LogP contribution in [0.15, 0.2) is 36.4 Å².